The van der Waals surface area contributed by atoms with Crippen LogP contribution in [0.15, 0.2) is 18.2 Å². The maximum absolute atomic E-state index is 13.4. The van der Waals surface area contributed by atoms with Gasteiger partial charge in [-0.2, -0.15) is 13.2 Å². The number of aromatic nitrogens is 1. The third-order valence-electron chi connectivity index (χ3n) is 5.43. The number of esters is 1. The summed E-state index contributed by atoms with van der Waals surface area (Å²) in [6, 6.07) is 3.66. The van der Waals surface area contributed by atoms with Gasteiger partial charge >= 0.3 is 12.1 Å². The van der Waals surface area contributed by atoms with Gasteiger partial charge < -0.3 is 14.8 Å². The molecule has 5 nitrogen and oxygen atoms in total. The van der Waals surface area contributed by atoms with Crippen molar-refractivity contribution in [3.63, 3.8) is 0 Å². The van der Waals surface area contributed by atoms with E-state index < -0.39 is 23.4 Å². The molecular weight excluding hydrogens is 361 g/mol. The quantitative estimate of drug-likeness (QED) is 0.770. The van der Waals surface area contributed by atoms with Gasteiger partial charge in [0, 0.05) is 23.9 Å². The predicted octanol–water partition coefficient (Wildman–Crippen LogP) is 3.16. The van der Waals surface area contributed by atoms with Crippen LogP contribution in [0.3, 0.4) is 0 Å². The summed E-state index contributed by atoms with van der Waals surface area (Å²) in [5.41, 5.74) is -0.184. The minimum atomic E-state index is -4.47. The topological polar surface area (TPSA) is 60.5 Å². The minimum Gasteiger partial charge on any atom is -0.484 e. The Labute approximate surface area is 153 Å². The Balaban J connectivity index is 1.76. The van der Waals surface area contributed by atoms with Crippen LogP contribution in [-0.4, -0.2) is 36.3 Å². The molecule has 1 aromatic heterocycles. The van der Waals surface area contributed by atoms with Crippen molar-refractivity contribution in [3.05, 3.63) is 35.0 Å². The van der Waals surface area contributed by atoms with Crippen LogP contribution in [0, 0.1) is 6.92 Å². The summed E-state index contributed by atoms with van der Waals surface area (Å²) in [6.07, 6.45) is -2.84. The highest BCUT2D eigenvalue weighted by Crippen LogP contribution is 2.44. The van der Waals surface area contributed by atoms with E-state index in [2.05, 4.69) is 10.3 Å². The number of ether oxygens (including phenoxy) is 2. The Morgan fingerprint density at radius 2 is 2.19 bits per heavy atom. The van der Waals surface area contributed by atoms with Crippen molar-refractivity contribution in [1.29, 1.82) is 0 Å². The standard InChI is InChI=1S/C19H19F3N2O3/c1-10-16-12(11-4-3-5-13(15(11)24-10)19(20,21)22)6-7-18(27-16)8-14(23-9-18)17(25)26-2/h3-5,14,23H,6-9H2,1-2H3/t14-,18+/m0/s1. The maximum Gasteiger partial charge on any atom is 0.418 e. The van der Waals surface area contributed by atoms with E-state index in [9.17, 15) is 18.0 Å². The molecule has 0 bridgehead atoms. The van der Waals surface area contributed by atoms with E-state index in [4.69, 9.17) is 9.47 Å². The molecule has 0 saturated carbocycles. The number of benzene rings is 1. The molecule has 4 rings (SSSR count). The molecule has 1 saturated heterocycles. The molecule has 27 heavy (non-hydrogen) atoms. The number of carbonyl (C=O) groups excluding carboxylic acids is 1. The van der Waals surface area contributed by atoms with Gasteiger partial charge in [0.05, 0.1) is 23.9 Å². The first-order valence-corrected chi connectivity index (χ1v) is 8.74. The van der Waals surface area contributed by atoms with E-state index in [-0.39, 0.29) is 11.5 Å². The summed E-state index contributed by atoms with van der Waals surface area (Å²) in [5.74, 6) is 0.185. The molecule has 8 heteroatoms. The number of aryl methyl sites for hydroxylation is 2. The number of fused-ring (bicyclic) bond motifs is 3. The first kappa shape index (κ1) is 18.0. The second-order valence-corrected chi connectivity index (χ2v) is 7.15. The van der Waals surface area contributed by atoms with E-state index in [0.29, 0.717) is 42.6 Å². The molecule has 0 radical (unpaired) electrons. The van der Waals surface area contributed by atoms with Gasteiger partial charge in [-0.05, 0) is 25.8 Å². The Morgan fingerprint density at radius 1 is 1.41 bits per heavy atom. The van der Waals surface area contributed by atoms with Gasteiger partial charge in [-0.15, -0.1) is 0 Å². The van der Waals surface area contributed by atoms with Crippen molar-refractivity contribution in [2.24, 2.45) is 0 Å². The van der Waals surface area contributed by atoms with Crippen LogP contribution >= 0.6 is 0 Å². The van der Waals surface area contributed by atoms with E-state index in [1.165, 1.54) is 13.2 Å². The largest absolute Gasteiger partial charge is 0.484 e. The third-order valence-corrected chi connectivity index (χ3v) is 5.43. The molecule has 1 spiro atoms. The van der Waals surface area contributed by atoms with Crippen molar-refractivity contribution < 1.29 is 27.4 Å². The van der Waals surface area contributed by atoms with E-state index >= 15 is 0 Å². The van der Waals surface area contributed by atoms with E-state index in [1.807, 2.05) is 0 Å². The zero-order valence-corrected chi connectivity index (χ0v) is 14.9. The van der Waals surface area contributed by atoms with Crippen LogP contribution in [0.4, 0.5) is 13.2 Å². The molecule has 1 fully saturated rings. The van der Waals surface area contributed by atoms with Gasteiger partial charge in [-0.25, -0.2) is 4.98 Å². The van der Waals surface area contributed by atoms with Gasteiger partial charge in [0.25, 0.3) is 0 Å². The van der Waals surface area contributed by atoms with Gasteiger partial charge in [0.2, 0.25) is 0 Å². The van der Waals surface area contributed by atoms with E-state index in [1.54, 1.807) is 13.0 Å². The molecule has 0 unspecified atom stereocenters. The second-order valence-electron chi connectivity index (χ2n) is 7.15. The summed E-state index contributed by atoms with van der Waals surface area (Å²) in [6.45, 7) is 2.14. The minimum absolute atomic E-state index is 0.0437. The molecule has 2 aromatic rings. The second kappa shape index (κ2) is 6.09. The lowest BCUT2D eigenvalue weighted by Gasteiger charge is -2.36. The molecule has 144 valence electrons. The van der Waals surface area contributed by atoms with Crippen molar-refractivity contribution >= 4 is 16.9 Å². The Kier molecular flexibility index (Phi) is 4.06. The number of para-hydroxylation sites is 1. The van der Waals surface area contributed by atoms with Crippen LogP contribution < -0.4 is 10.1 Å². The number of hydrogen-bond acceptors (Lipinski definition) is 5. The average molecular weight is 380 g/mol. The molecule has 1 aromatic carbocycles. The highest BCUT2D eigenvalue weighted by molar-refractivity contribution is 5.88. The highest BCUT2D eigenvalue weighted by Gasteiger charge is 2.47. The number of rotatable bonds is 1. The molecule has 1 N–H and O–H groups in total. The fourth-order valence-electron chi connectivity index (χ4n) is 4.10. The Bertz CT molecular complexity index is 929. The lowest BCUT2D eigenvalue weighted by molar-refractivity contribution is -0.143. The van der Waals surface area contributed by atoms with E-state index in [0.717, 1.165) is 11.6 Å². The van der Waals surface area contributed by atoms with Crippen LogP contribution in [0.25, 0.3) is 10.9 Å². The summed E-state index contributed by atoms with van der Waals surface area (Å²) in [7, 11) is 1.34. The van der Waals surface area contributed by atoms with Gasteiger partial charge in [-0.3, -0.25) is 4.79 Å². The molecule has 2 atom stereocenters. The number of nitrogens with one attached hydrogen (secondary N) is 1. The van der Waals surface area contributed by atoms with Crippen molar-refractivity contribution in [2.45, 2.75) is 44.0 Å². The number of methoxy groups -OCH3 is 1. The summed E-state index contributed by atoms with van der Waals surface area (Å²) >= 11 is 0. The first-order chi connectivity index (χ1) is 12.7. The number of carbonyl (C=O) groups is 1. The zero-order chi connectivity index (χ0) is 19.4. The number of alkyl halides is 3. The summed E-state index contributed by atoms with van der Waals surface area (Å²) < 4.78 is 51.1. The lowest BCUT2D eigenvalue weighted by atomic mass is 9.87. The fraction of sp³-hybridized carbons (Fsp3) is 0.474. The van der Waals surface area contributed by atoms with Crippen LogP contribution in [0.2, 0.25) is 0 Å². The monoisotopic (exact) mass is 380 g/mol. The van der Waals surface area contributed by atoms with Crippen molar-refractivity contribution in [2.75, 3.05) is 13.7 Å². The lowest BCUT2D eigenvalue weighted by Crippen LogP contribution is -2.42. The van der Waals surface area contributed by atoms with Crippen LogP contribution in [0.1, 0.15) is 29.7 Å². The SMILES string of the molecule is COC(=O)[C@@H]1C[C@]2(CCc3c(c(C)nc4c(C(F)(F)F)cccc34)O2)CN1. The molecule has 3 heterocycles. The molecule has 0 aliphatic carbocycles. The Morgan fingerprint density at radius 3 is 2.89 bits per heavy atom. The predicted molar refractivity (Wildman–Crippen MR) is 91.6 cm³/mol. The van der Waals surface area contributed by atoms with Crippen molar-refractivity contribution in [3.8, 4) is 5.75 Å². The molecule has 2 aliphatic rings. The fourth-order valence-corrected chi connectivity index (χ4v) is 4.10. The maximum atomic E-state index is 13.4. The van der Waals surface area contributed by atoms with Crippen LogP contribution in [-0.2, 0) is 22.1 Å². The number of halogens is 3. The van der Waals surface area contributed by atoms with Crippen LogP contribution in [0.5, 0.6) is 5.75 Å². The summed E-state index contributed by atoms with van der Waals surface area (Å²) in [5, 5.41) is 3.58. The third kappa shape index (κ3) is 2.92. The van der Waals surface area contributed by atoms with Gasteiger partial charge in [0.15, 0.2) is 0 Å². The van der Waals surface area contributed by atoms with Gasteiger partial charge in [-0.1, -0.05) is 12.1 Å². The van der Waals surface area contributed by atoms with Gasteiger partial charge in [0.1, 0.15) is 17.4 Å². The smallest absolute Gasteiger partial charge is 0.418 e. The summed E-state index contributed by atoms with van der Waals surface area (Å²) in [4.78, 5) is 16.0. The Hall–Kier alpha value is -2.35. The number of pyridine rings is 1. The van der Waals surface area contributed by atoms with Crippen molar-refractivity contribution in [1.82, 2.24) is 10.3 Å². The first-order valence-electron chi connectivity index (χ1n) is 8.74. The zero-order valence-electron chi connectivity index (χ0n) is 14.9. The normalized spacial score (nSPS) is 24.7. The number of nitrogens with zero attached hydrogens (tertiary/aromatic N) is 1. The average Bonchev–Trinajstić information content (AvgIpc) is 3.03. The highest BCUT2D eigenvalue weighted by atomic mass is 19.4. The molecule has 2 aliphatic heterocycles. The number of hydrogen-bond donors (Lipinski definition) is 1. The molecular formula is C19H19F3N2O3. The molecule has 0 amide bonds.